The molecule has 4 aromatic carbocycles. The number of methoxy groups -OCH3 is 1. The molecule has 1 atom stereocenters. The number of ether oxygens (including phenoxy) is 1. The number of halogens is 1. The summed E-state index contributed by atoms with van der Waals surface area (Å²) in [5.74, 6) is -0.260. The molecular weight excluding hydrogens is 537 g/mol. The molecule has 5 rings (SSSR count). The Morgan fingerprint density at radius 1 is 0.902 bits per heavy atom. The molecular formula is C33H30FN3O3S. The summed E-state index contributed by atoms with van der Waals surface area (Å²) in [6.07, 6.45) is 0.994. The van der Waals surface area contributed by atoms with E-state index in [9.17, 15) is 14.0 Å². The highest BCUT2D eigenvalue weighted by Crippen LogP contribution is 2.29. The van der Waals surface area contributed by atoms with E-state index in [0.717, 1.165) is 12.0 Å². The molecule has 1 fully saturated rings. The van der Waals surface area contributed by atoms with Crippen molar-refractivity contribution in [1.29, 1.82) is 0 Å². The number of carbonyl (C=O) groups is 2. The second-order valence-electron chi connectivity index (χ2n) is 9.82. The van der Waals surface area contributed by atoms with Crippen LogP contribution in [-0.4, -0.2) is 41.5 Å². The predicted molar refractivity (Wildman–Crippen MR) is 163 cm³/mol. The number of hydrogen-bond donors (Lipinski definition) is 1. The van der Waals surface area contributed by atoms with Crippen molar-refractivity contribution in [3.63, 3.8) is 0 Å². The highest BCUT2D eigenvalue weighted by Gasteiger charge is 2.44. The molecule has 0 bridgehead atoms. The summed E-state index contributed by atoms with van der Waals surface area (Å²) < 4.78 is 19.5. The van der Waals surface area contributed by atoms with Gasteiger partial charge in [0.2, 0.25) is 5.91 Å². The summed E-state index contributed by atoms with van der Waals surface area (Å²) in [5, 5.41) is 3.14. The molecule has 6 nitrogen and oxygen atoms in total. The average Bonchev–Trinajstić information content (AvgIpc) is 3.22. The van der Waals surface area contributed by atoms with Crippen molar-refractivity contribution in [3.8, 4) is 5.75 Å². The van der Waals surface area contributed by atoms with Crippen molar-refractivity contribution in [2.45, 2.75) is 25.3 Å². The topological polar surface area (TPSA) is 61.9 Å². The van der Waals surface area contributed by atoms with Gasteiger partial charge < -0.3 is 15.0 Å². The van der Waals surface area contributed by atoms with Crippen molar-refractivity contribution in [2.24, 2.45) is 0 Å². The monoisotopic (exact) mass is 567 g/mol. The first-order chi connectivity index (χ1) is 19.9. The Morgan fingerprint density at radius 2 is 1.56 bits per heavy atom. The van der Waals surface area contributed by atoms with Gasteiger partial charge in [0.25, 0.3) is 5.91 Å². The van der Waals surface area contributed by atoms with Gasteiger partial charge in [-0.05, 0) is 84.2 Å². The van der Waals surface area contributed by atoms with Crippen LogP contribution in [-0.2, 0) is 22.4 Å². The number of hydrogen-bond acceptors (Lipinski definition) is 4. The van der Waals surface area contributed by atoms with E-state index in [1.54, 1.807) is 54.5 Å². The number of amides is 2. The van der Waals surface area contributed by atoms with Gasteiger partial charge in [0.15, 0.2) is 5.11 Å². The van der Waals surface area contributed by atoms with Gasteiger partial charge in [0.05, 0.1) is 19.2 Å². The minimum atomic E-state index is -0.823. The lowest BCUT2D eigenvalue weighted by molar-refractivity contribution is -0.124. The number of rotatable bonds is 10. The molecule has 0 spiro atoms. The molecule has 1 aliphatic heterocycles. The molecule has 0 aromatic heterocycles. The lowest BCUT2D eigenvalue weighted by atomic mass is 10.0. The Bertz CT molecular complexity index is 1530. The van der Waals surface area contributed by atoms with E-state index in [2.05, 4.69) is 17.4 Å². The quantitative estimate of drug-likeness (QED) is 0.238. The molecule has 1 aliphatic rings. The number of anilines is 2. The first-order valence-electron chi connectivity index (χ1n) is 13.4. The Balaban J connectivity index is 1.35. The number of nitrogens with zero attached hydrogens (tertiary/aromatic N) is 2. The third-order valence-corrected chi connectivity index (χ3v) is 7.51. The first kappa shape index (κ1) is 28.0. The van der Waals surface area contributed by atoms with E-state index >= 15 is 0 Å². The van der Waals surface area contributed by atoms with Gasteiger partial charge in [0, 0.05) is 12.2 Å². The lowest BCUT2D eigenvalue weighted by Gasteiger charge is -2.24. The molecule has 1 saturated heterocycles. The zero-order valence-corrected chi connectivity index (χ0v) is 23.4. The maximum absolute atomic E-state index is 14.4. The average molecular weight is 568 g/mol. The third-order valence-electron chi connectivity index (χ3n) is 7.10. The number of benzene rings is 4. The molecule has 0 saturated carbocycles. The smallest absolute Gasteiger partial charge is 0.256 e. The van der Waals surface area contributed by atoms with Gasteiger partial charge in [0.1, 0.15) is 17.6 Å². The van der Waals surface area contributed by atoms with Gasteiger partial charge in [-0.2, -0.15) is 0 Å². The fourth-order valence-corrected chi connectivity index (χ4v) is 5.34. The molecule has 1 N–H and O–H groups in total. The van der Waals surface area contributed by atoms with Crippen LogP contribution in [0.1, 0.15) is 23.1 Å². The van der Waals surface area contributed by atoms with Crippen molar-refractivity contribution in [1.82, 2.24) is 4.90 Å². The van der Waals surface area contributed by atoms with Crippen LogP contribution in [0.25, 0.3) is 0 Å². The Morgan fingerprint density at radius 3 is 2.24 bits per heavy atom. The van der Waals surface area contributed by atoms with Crippen molar-refractivity contribution >= 4 is 40.5 Å². The van der Waals surface area contributed by atoms with Crippen LogP contribution in [0.15, 0.2) is 103 Å². The largest absolute Gasteiger partial charge is 0.497 e. The number of carbonyl (C=O) groups excluding carboxylic acids is 2. The van der Waals surface area contributed by atoms with E-state index < -0.39 is 6.04 Å². The van der Waals surface area contributed by atoms with E-state index in [0.29, 0.717) is 34.2 Å². The summed E-state index contributed by atoms with van der Waals surface area (Å²) >= 11 is 5.79. The minimum absolute atomic E-state index is 0.106. The Hall–Kier alpha value is -4.56. The fourth-order valence-electron chi connectivity index (χ4n) is 4.92. The third kappa shape index (κ3) is 6.61. The van der Waals surface area contributed by atoms with E-state index in [1.807, 2.05) is 42.5 Å². The summed E-state index contributed by atoms with van der Waals surface area (Å²) in [5.41, 5.74) is 4.03. The maximum Gasteiger partial charge on any atom is 0.256 e. The number of nitrogens with one attached hydrogen (secondary N) is 1. The molecule has 1 unspecified atom stereocenters. The molecule has 41 heavy (non-hydrogen) atoms. The fraction of sp³-hybridized carbons (Fsp3) is 0.182. The molecule has 4 aromatic rings. The lowest BCUT2D eigenvalue weighted by Crippen LogP contribution is -2.39. The van der Waals surface area contributed by atoms with Gasteiger partial charge in [-0.1, -0.05) is 60.7 Å². The highest BCUT2D eigenvalue weighted by atomic mass is 32.1. The molecule has 2 amide bonds. The van der Waals surface area contributed by atoms with Crippen LogP contribution in [0.2, 0.25) is 0 Å². The van der Waals surface area contributed by atoms with Crippen LogP contribution < -0.4 is 15.0 Å². The summed E-state index contributed by atoms with van der Waals surface area (Å²) in [4.78, 5) is 30.1. The minimum Gasteiger partial charge on any atom is -0.497 e. The zero-order valence-electron chi connectivity index (χ0n) is 22.6. The van der Waals surface area contributed by atoms with Gasteiger partial charge in [-0.3, -0.25) is 14.5 Å². The molecule has 8 heteroatoms. The van der Waals surface area contributed by atoms with Crippen LogP contribution in [0.5, 0.6) is 5.75 Å². The normalized spacial score (nSPS) is 14.8. The van der Waals surface area contributed by atoms with Gasteiger partial charge in [-0.15, -0.1) is 0 Å². The van der Waals surface area contributed by atoms with Crippen molar-refractivity contribution < 1.29 is 18.7 Å². The highest BCUT2D eigenvalue weighted by molar-refractivity contribution is 7.80. The second kappa shape index (κ2) is 12.7. The Kier molecular flexibility index (Phi) is 8.70. The van der Waals surface area contributed by atoms with Crippen molar-refractivity contribution in [3.05, 3.63) is 126 Å². The predicted octanol–water partition coefficient (Wildman–Crippen LogP) is 6.00. The van der Waals surface area contributed by atoms with Crippen LogP contribution in [0, 0.1) is 5.82 Å². The zero-order chi connectivity index (χ0) is 28.8. The van der Waals surface area contributed by atoms with Gasteiger partial charge >= 0.3 is 0 Å². The molecule has 208 valence electrons. The summed E-state index contributed by atoms with van der Waals surface area (Å²) in [6.45, 7) is 0.286. The van der Waals surface area contributed by atoms with Crippen LogP contribution >= 0.6 is 12.2 Å². The van der Waals surface area contributed by atoms with Crippen molar-refractivity contribution in [2.75, 3.05) is 23.9 Å². The van der Waals surface area contributed by atoms with Crippen LogP contribution in [0.3, 0.4) is 0 Å². The number of thiocarbonyl (C=S) groups is 1. The first-order valence-corrected chi connectivity index (χ1v) is 13.8. The maximum atomic E-state index is 14.4. The summed E-state index contributed by atoms with van der Waals surface area (Å²) in [6, 6.07) is 30.5. The molecule has 0 radical (unpaired) electrons. The second-order valence-corrected chi connectivity index (χ2v) is 10.2. The Labute approximate surface area is 244 Å². The van der Waals surface area contributed by atoms with E-state index in [4.69, 9.17) is 17.0 Å². The van der Waals surface area contributed by atoms with Crippen LogP contribution in [0.4, 0.5) is 15.8 Å². The SMILES string of the molecule is COc1ccc(NC(=O)CC2C(=O)N(c3ccc(Cc4ccccc4)cc3)C(=S)N2CCc2ccccc2F)cc1. The molecule has 0 aliphatic carbocycles. The summed E-state index contributed by atoms with van der Waals surface area (Å²) in [7, 11) is 1.57. The van der Waals surface area contributed by atoms with Gasteiger partial charge in [-0.25, -0.2) is 4.39 Å². The standard InChI is InChI=1S/C33H30FN3O3S/c1-40-28-17-13-26(14-18-28)35-31(38)22-30-32(39)37(33(41)36(30)20-19-25-9-5-6-10-29(25)34)27-15-11-24(12-16-27)21-23-7-3-2-4-8-23/h2-18,30H,19-22H2,1H3,(H,35,38). The van der Waals surface area contributed by atoms with E-state index in [1.165, 1.54) is 16.5 Å². The molecule has 1 heterocycles. The van der Waals surface area contributed by atoms with E-state index in [-0.39, 0.29) is 30.6 Å².